The first-order valence-corrected chi connectivity index (χ1v) is 9.81. The number of aromatic hydroxyl groups is 1. The average Bonchev–Trinajstić information content (AvgIpc) is 2.70. The molecule has 28 heavy (non-hydrogen) atoms. The monoisotopic (exact) mass is 402 g/mol. The van der Waals surface area contributed by atoms with Crippen molar-refractivity contribution < 1.29 is 19.4 Å². The lowest BCUT2D eigenvalue weighted by atomic mass is 9.95. The first-order valence-electron chi connectivity index (χ1n) is 9.43. The van der Waals surface area contributed by atoms with Crippen LogP contribution >= 0.6 is 11.6 Å². The van der Waals surface area contributed by atoms with Gasteiger partial charge in [-0.2, -0.15) is 0 Å². The van der Waals surface area contributed by atoms with Gasteiger partial charge in [-0.1, -0.05) is 23.7 Å². The lowest BCUT2D eigenvalue weighted by Gasteiger charge is -2.32. The first-order chi connectivity index (χ1) is 13.6. The smallest absolute Gasteiger partial charge is 0.227 e. The summed E-state index contributed by atoms with van der Waals surface area (Å²) in [4.78, 5) is 14.8. The van der Waals surface area contributed by atoms with Crippen LogP contribution in [0.3, 0.4) is 0 Å². The minimum Gasteiger partial charge on any atom is -0.506 e. The summed E-state index contributed by atoms with van der Waals surface area (Å²) in [5, 5.41) is 13.3. The van der Waals surface area contributed by atoms with Crippen molar-refractivity contribution in [1.82, 2.24) is 4.90 Å². The van der Waals surface area contributed by atoms with Crippen LogP contribution in [0.5, 0.6) is 11.5 Å². The van der Waals surface area contributed by atoms with Crippen molar-refractivity contribution in [2.45, 2.75) is 26.0 Å². The Labute approximate surface area is 169 Å². The molecule has 0 unspecified atom stereocenters. The van der Waals surface area contributed by atoms with Gasteiger partial charge in [0, 0.05) is 28.6 Å². The van der Waals surface area contributed by atoms with Gasteiger partial charge in [0.2, 0.25) is 5.91 Å². The van der Waals surface area contributed by atoms with Crippen LogP contribution in [-0.2, 0) is 22.7 Å². The van der Waals surface area contributed by atoms with Crippen molar-refractivity contribution >= 4 is 23.2 Å². The predicted octanol–water partition coefficient (Wildman–Crippen LogP) is 3.76. The van der Waals surface area contributed by atoms with Gasteiger partial charge in [-0.25, -0.2) is 0 Å². The van der Waals surface area contributed by atoms with E-state index < -0.39 is 0 Å². The Morgan fingerprint density at radius 3 is 2.82 bits per heavy atom. The number of carbonyl (C=O) groups is 1. The van der Waals surface area contributed by atoms with Gasteiger partial charge in [0.05, 0.1) is 12.3 Å². The number of benzene rings is 2. The summed E-state index contributed by atoms with van der Waals surface area (Å²) in [5.41, 5.74) is 2.49. The summed E-state index contributed by atoms with van der Waals surface area (Å²) in [6.45, 7) is 3.14. The lowest BCUT2D eigenvalue weighted by molar-refractivity contribution is -0.121. The third-order valence-electron chi connectivity index (χ3n) is 5.27. The highest BCUT2D eigenvalue weighted by Gasteiger charge is 2.27. The molecule has 1 fully saturated rings. The van der Waals surface area contributed by atoms with Crippen molar-refractivity contribution in [2.75, 3.05) is 25.2 Å². The molecule has 7 heteroatoms. The van der Waals surface area contributed by atoms with E-state index in [0.29, 0.717) is 17.3 Å². The molecule has 2 aromatic carbocycles. The number of nitrogens with zero attached hydrogens (tertiary/aromatic N) is 1. The lowest BCUT2D eigenvalue weighted by Crippen LogP contribution is -2.38. The van der Waals surface area contributed by atoms with E-state index in [2.05, 4.69) is 10.2 Å². The third kappa shape index (κ3) is 4.24. The second kappa shape index (κ2) is 8.39. The molecule has 4 rings (SSSR count). The molecule has 148 valence electrons. The molecular weight excluding hydrogens is 380 g/mol. The summed E-state index contributed by atoms with van der Waals surface area (Å²) in [6.07, 6.45) is 1.54. The number of nitrogens with one attached hydrogen (secondary N) is 1. The van der Waals surface area contributed by atoms with E-state index >= 15 is 0 Å². The highest BCUT2D eigenvalue weighted by atomic mass is 35.5. The number of para-hydroxylation sites is 2. The quantitative estimate of drug-likeness (QED) is 0.762. The minimum absolute atomic E-state index is 0.0400. The van der Waals surface area contributed by atoms with Crippen LogP contribution in [0.2, 0.25) is 5.02 Å². The Kier molecular flexibility index (Phi) is 5.71. The minimum atomic E-state index is -0.0613. The molecule has 6 nitrogen and oxygen atoms in total. The second-order valence-corrected chi connectivity index (χ2v) is 7.66. The largest absolute Gasteiger partial charge is 0.506 e. The van der Waals surface area contributed by atoms with Gasteiger partial charge in [0.1, 0.15) is 11.5 Å². The van der Waals surface area contributed by atoms with Gasteiger partial charge in [0.15, 0.2) is 6.79 Å². The molecule has 2 aliphatic heterocycles. The van der Waals surface area contributed by atoms with Crippen molar-refractivity contribution in [1.29, 1.82) is 0 Å². The molecule has 0 atom stereocenters. The van der Waals surface area contributed by atoms with E-state index in [9.17, 15) is 9.90 Å². The number of amides is 1. The van der Waals surface area contributed by atoms with Gasteiger partial charge >= 0.3 is 0 Å². The zero-order valence-corrected chi connectivity index (χ0v) is 16.2. The Bertz CT molecular complexity index is 865. The summed E-state index contributed by atoms with van der Waals surface area (Å²) >= 11 is 6.25. The van der Waals surface area contributed by atoms with Crippen molar-refractivity contribution in [3.8, 4) is 11.5 Å². The van der Waals surface area contributed by atoms with Crippen LogP contribution < -0.4 is 10.1 Å². The van der Waals surface area contributed by atoms with E-state index in [4.69, 9.17) is 21.1 Å². The highest BCUT2D eigenvalue weighted by Crippen LogP contribution is 2.33. The summed E-state index contributed by atoms with van der Waals surface area (Å²) in [5.74, 6) is 0.855. The number of halogens is 1. The number of likely N-dealkylation sites (tertiary alicyclic amines) is 1. The number of hydrogen-bond donors (Lipinski definition) is 2. The molecule has 2 N–H and O–H groups in total. The van der Waals surface area contributed by atoms with E-state index in [-0.39, 0.29) is 24.4 Å². The van der Waals surface area contributed by atoms with E-state index in [1.165, 1.54) is 0 Å². The molecule has 2 heterocycles. The Hall–Kier alpha value is -2.28. The summed E-state index contributed by atoms with van der Waals surface area (Å²) in [7, 11) is 0. The van der Waals surface area contributed by atoms with Gasteiger partial charge in [0.25, 0.3) is 0 Å². The molecule has 1 saturated heterocycles. The topological polar surface area (TPSA) is 71.0 Å². The molecular formula is C21H23ClN2O4. The first kappa shape index (κ1) is 19.1. The van der Waals surface area contributed by atoms with Crippen molar-refractivity contribution in [2.24, 2.45) is 5.92 Å². The molecule has 0 aromatic heterocycles. The fraction of sp³-hybridized carbons (Fsp3) is 0.381. The number of anilines is 1. The number of ether oxygens (including phenoxy) is 2. The average molecular weight is 403 g/mol. The van der Waals surface area contributed by atoms with E-state index in [0.717, 1.165) is 49.4 Å². The normalized spacial score (nSPS) is 17.6. The van der Waals surface area contributed by atoms with Crippen LogP contribution in [0, 0.1) is 5.92 Å². The Morgan fingerprint density at radius 1 is 1.25 bits per heavy atom. The maximum Gasteiger partial charge on any atom is 0.227 e. The van der Waals surface area contributed by atoms with E-state index in [1.807, 2.05) is 12.1 Å². The van der Waals surface area contributed by atoms with Crippen LogP contribution in [0.1, 0.15) is 24.0 Å². The van der Waals surface area contributed by atoms with Crippen LogP contribution in [0.25, 0.3) is 0 Å². The number of phenolic OH excluding ortho intramolecular Hbond substituents is 1. The highest BCUT2D eigenvalue weighted by molar-refractivity contribution is 6.30. The van der Waals surface area contributed by atoms with Gasteiger partial charge in [-0.3, -0.25) is 9.69 Å². The molecule has 0 saturated carbocycles. The van der Waals surface area contributed by atoms with Crippen LogP contribution in [0.15, 0.2) is 36.4 Å². The molecule has 0 bridgehead atoms. The maximum absolute atomic E-state index is 12.5. The standard InChI is InChI=1S/C21H23ClN2O4/c22-17-9-15(20-16(10-17)12-27-13-28-20)11-24-7-5-14(6-8-24)21(26)23-18-3-1-2-4-19(18)25/h1-4,9-10,14,25H,5-8,11-13H2,(H,23,26). The van der Waals surface area contributed by atoms with Crippen LogP contribution in [-0.4, -0.2) is 35.8 Å². The maximum atomic E-state index is 12.5. The molecule has 2 aliphatic rings. The molecule has 0 aliphatic carbocycles. The fourth-order valence-corrected chi connectivity index (χ4v) is 4.05. The molecule has 2 aromatic rings. The summed E-state index contributed by atoms with van der Waals surface area (Å²) < 4.78 is 11.0. The van der Waals surface area contributed by atoms with Crippen molar-refractivity contribution in [3.63, 3.8) is 0 Å². The van der Waals surface area contributed by atoms with Gasteiger partial charge < -0.3 is 19.9 Å². The fourth-order valence-electron chi connectivity index (χ4n) is 3.78. The van der Waals surface area contributed by atoms with Crippen molar-refractivity contribution in [3.05, 3.63) is 52.5 Å². The van der Waals surface area contributed by atoms with Gasteiger partial charge in [-0.15, -0.1) is 0 Å². The predicted molar refractivity (Wildman–Crippen MR) is 106 cm³/mol. The molecule has 0 radical (unpaired) electrons. The number of rotatable bonds is 4. The number of hydrogen-bond acceptors (Lipinski definition) is 5. The molecule has 0 spiro atoms. The number of piperidine rings is 1. The number of phenols is 1. The zero-order chi connectivity index (χ0) is 19.5. The number of carbonyl (C=O) groups excluding carboxylic acids is 1. The van der Waals surface area contributed by atoms with Gasteiger partial charge in [-0.05, 0) is 50.2 Å². The second-order valence-electron chi connectivity index (χ2n) is 7.22. The van der Waals surface area contributed by atoms with Crippen LogP contribution in [0.4, 0.5) is 5.69 Å². The number of fused-ring (bicyclic) bond motifs is 1. The summed E-state index contributed by atoms with van der Waals surface area (Å²) in [6, 6.07) is 10.6. The molecule has 1 amide bonds. The third-order valence-corrected chi connectivity index (χ3v) is 5.48. The SMILES string of the molecule is O=C(Nc1ccccc1O)C1CCN(Cc2cc(Cl)cc3c2OCOC3)CC1. The Balaban J connectivity index is 1.35. The zero-order valence-electron chi connectivity index (χ0n) is 15.5. The Morgan fingerprint density at radius 2 is 2.04 bits per heavy atom. The van der Waals surface area contributed by atoms with E-state index in [1.54, 1.807) is 24.3 Å².